The van der Waals surface area contributed by atoms with Gasteiger partial charge in [0.05, 0.1) is 12.0 Å². The fourth-order valence-electron chi connectivity index (χ4n) is 3.84. The zero-order valence-electron chi connectivity index (χ0n) is 20.1. The summed E-state index contributed by atoms with van der Waals surface area (Å²) in [6.45, 7) is 4.04. The van der Waals surface area contributed by atoms with Crippen LogP contribution in [0.15, 0.2) is 66.7 Å². The number of halogens is 3. The van der Waals surface area contributed by atoms with Gasteiger partial charge in [0, 0.05) is 12.1 Å². The van der Waals surface area contributed by atoms with Crippen LogP contribution in [0.1, 0.15) is 59.3 Å². The molecule has 0 aliphatic carbocycles. The summed E-state index contributed by atoms with van der Waals surface area (Å²) >= 11 is 0. The summed E-state index contributed by atoms with van der Waals surface area (Å²) in [5, 5.41) is 11.2. The highest BCUT2D eigenvalue weighted by atomic mass is 19.4. The lowest BCUT2D eigenvalue weighted by Crippen LogP contribution is -2.25. The number of alkyl halides is 3. The molecule has 0 aromatic heterocycles. The van der Waals surface area contributed by atoms with Crippen molar-refractivity contribution in [1.29, 1.82) is 0 Å². The van der Waals surface area contributed by atoms with Crippen molar-refractivity contribution in [2.24, 2.45) is 0 Å². The van der Waals surface area contributed by atoms with E-state index in [9.17, 15) is 22.8 Å². The molecule has 8 heteroatoms. The van der Waals surface area contributed by atoms with Gasteiger partial charge in [-0.1, -0.05) is 43.7 Å². The minimum Gasteiger partial charge on any atom is -0.486 e. The van der Waals surface area contributed by atoms with Crippen LogP contribution in [0.25, 0.3) is 11.1 Å². The number of carboxylic acid groups (broad SMARTS) is 1. The maximum absolute atomic E-state index is 12.9. The Labute approximate surface area is 207 Å². The predicted octanol–water partition coefficient (Wildman–Crippen LogP) is 6.81. The molecule has 1 unspecified atom stereocenters. The molecule has 0 spiro atoms. The molecule has 1 atom stereocenters. The van der Waals surface area contributed by atoms with Crippen LogP contribution < -0.4 is 10.1 Å². The van der Waals surface area contributed by atoms with Crippen molar-refractivity contribution in [2.45, 2.75) is 45.4 Å². The van der Waals surface area contributed by atoms with Crippen LogP contribution in [0.2, 0.25) is 0 Å². The molecule has 0 aliphatic heterocycles. The van der Waals surface area contributed by atoms with Crippen molar-refractivity contribution in [3.8, 4) is 16.9 Å². The first-order valence-electron chi connectivity index (χ1n) is 11.6. The van der Waals surface area contributed by atoms with Crippen LogP contribution in [0.4, 0.5) is 13.2 Å². The Morgan fingerprint density at radius 2 is 1.61 bits per heavy atom. The molecule has 2 N–H and O–H groups in total. The quantitative estimate of drug-likeness (QED) is 0.322. The van der Waals surface area contributed by atoms with E-state index < -0.39 is 17.7 Å². The fraction of sp³-hybridized carbons (Fsp3) is 0.286. The number of benzene rings is 3. The zero-order chi connectivity index (χ0) is 26.3. The lowest BCUT2D eigenvalue weighted by Gasteiger charge is -2.22. The number of hydrogen-bond acceptors (Lipinski definition) is 3. The summed E-state index contributed by atoms with van der Waals surface area (Å²) in [6, 6.07) is 17.5. The summed E-state index contributed by atoms with van der Waals surface area (Å²) in [4.78, 5) is 22.7. The van der Waals surface area contributed by atoms with E-state index in [1.165, 1.54) is 12.1 Å². The molecule has 0 aliphatic rings. The lowest BCUT2D eigenvalue weighted by molar-refractivity contribution is -0.138. The summed E-state index contributed by atoms with van der Waals surface area (Å²) in [7, 11) is 0. The van der Waals surface area contributed by atoms with Gasteiger partial charge in [0.1, 0.15) is 11.9 Å². The molecule has 3 aromatic rings. The Morgan fingerprint density at radius 1 is 0.972 bits per heavy atom. The third-order valence-electron chi connectivity index (χ3n) is 5.73. The molecule has 0 saturated carbocycles. The van der Waals surface area contributed by atoms with Crippen LogP contribution in [0, 0.1) is 6.92 Å². The molecule has 36 heavy (non-hydrogen) atoms. The number of aliphatic carboxylic acids is 1. The molecule has 0 heterocycles. The standard InChI is InChI=1S/C28H28F3NO4/c1-3-4-25(36-23-12-7-20(8-13-23)27(35)32-16-15-26(33)34)24-14-9-21(17-18(24)2)19-5-10-22(11-6-19)28(29,30)31/h5-14,17,25H,3-4,15-16H2,1-2H3,(H,32,35)(H,33,34). The number of nitrogens with one attached hydrogen (secondary N) is 1. The first-order chi connectivity index (χ1) is 17.1. The van der Waals surface area contributed by atoms with Crippen molar-refractivity contribution >= 4 is 11.9 Å². The summed E-state index contributed by atoms with van der Waals surface area (Å²) < 4.78 is 44.8. The van der Waals surface area contributed by atoms with E-state index >= 15 is 0 Å². The summed E-state index contributed by atoms with van der Waals surface area (Å²) in [5.74, 6) is -0.756. The molecule has 3 aromatic carbocycles. The van der Waals surface area contributed by atoms with E-state index in [0.717, 1.165) is 41.7 Å². The van der Waals surface area contributed by atoms with Gasteiger partial charge < -0.3 is 15.2 Å². The number of carboxylic acids is 1. The van der Waals surface area contributed by atoms with E-state index in [-0.39, 0.29) is 25.0 Å². The van der Waals surface area contributed by atoms with Crippen molar-refractivity contribution in [3.05, 3.63) is 89.0 Å². The molecule has 0 saturated heterocycles. The SMILES string of the molecule is CCCC(Oc1ccc(C(=O)NCCC(=O)O)cc1)c1ccc(-c2ccc(C(F)(F)F)cc2)cc1C. The van der Waals surface area contributed by atoms with Crippen LogP contribution in [-0.4, -0.2) is 23.5 Å². The van der Waals surface area contributed by atoms with Gasteiger partial charge in [-0.3, -0.25) is 9.59 Å². The number of carbonyl (C=O) groups excluding carboxylic acids is 1. The zero-order valence-corrected chi connectivity index (χ0v) is 20.1. The highest BCUT2D eigenvalue weighted by Gasteiger charge is 2.30. The van der Waals surface area contributed by atoms with Gasteiger partial charge in [0.25, 0.3) is 5.91 Å². The normalized spacial score (nSPS) is 12.1. The number of amides is 1. The Balaban J connectivity index is 1.73. The first-order valence-corrected chi connectivity index (χ1v) is 11.6. The van der Waals surface area contributed by atoms with Gasteiger partial charge in [0.2, 0.25) is 0 Å². The number of hydrogen-bond donors (Lipinski definition) is 2. The minimum absolute atomic E-state index is 0.0484. The lowest BCUT2D eigenvalue weighted by atomic mass is 9.95. The van der Waals surface area contributed by atoms with Gasteiger partial charge in [-0.15, -0.1) is 0 Å². The molecular weight excluding hydrogens is 471 g/mol. The van der Waals surface area contributed by atoms with Gasteiger partial charge in [-0.25, -0.2) is 0 Å². The molecule has 0 fully saturated rings. The Hall–Kier alpha value is -3.81. The Kier molecular flexibility index (Phi) is 8.74. The van der Waals surface area contributed by atoms with Crippen LogP contribution in [-0.2, 0) is 11.0 Å². The highest BCUT2D eigenvalue weighted by molar-refractivity contribution is 5.94. The monoisotopic (exact) mass is 499 g/mol. The van der Waals surface area contributed by atoms with Crippen molar-refractivity contribution in [1.82, 2.24) is 5.32 Å². The van der Waals surface area contributed by atoms with E-state index in [1.807, 2.05) is 32.0 Å². The second-order valence-electron chi connectivity index (χ2n) is 8.47. The molecule has 5 nitrogen and oxygen atoms in total. The van der Waals surface area contributed by atoms with E-state index in [2.05, 4.69) is 5.32 Å². The number of ether oxygens (including phenoxy) is 1. The predicted molar refractivity (Wildman–Crippen MR) is 131 cm³/mol. The molecule has 3 rings (SSSR count). The van der Waals surface area contributed by atoms with Gasteiger partial charge in [-0.2, -0.15) is 13.2 Å². The Bertz CT molecular complexity index is 1190. The second-order valence-corrected chi connectivity index (χ2v) is 8.47. The topological polar surface area (TPSA) is 75.6 Å². The molecule has 0 radical (unpaired) electrons. The number of aryl methyl sites for hydroxylation is 1. The first kappa shape index (κ1) is 26.8. The fourth-order valence-corrected chi connectivity index (χ4v) is 3.84. The summed E-state index contributed by atoms with van der Waals surface area (Å²) in [6.07, 6.45) is -3.15. The second kappa shape index (κ2) is 11.7. The van der Waals surface area contributed by atoms with Crippen molar-refractivity contribution < 1.29 is 32.6 Å². The third-order valence-corrected chi connectivity index (χ3v) is 5.73. The van der Waals surface area contributed by atoms with E-state index in [0.29, 0.717) is 16.9 Å². The molecule has 0 bridgehead atoms. The highest BCUT2D eigenvalue weighted by Crippen LogP contribution is 2.33. The molecular formula is C28H28F3NO4. The average Bonchev–Trinajstić information content (AvgIpc) is 2.83. The van der Waals surface area contributed by atoms with Crippen LogP contribution in [0.3, 0.4) is 0 Å². The number of rotatable bonds is 10. The smallest absolute Gasteiger partial charge is 0.416 e. The van der Waals surface area contributed by atoms with E-state index in [1.54, 1.807) is 24.3 Å². The maximum atomic E-state index is 12.9. The Morgan fingerprint density at radius 3 is 2.17 bits per heavy atom. The summed E-state index contributed by atoms with van der Waals surface area (Å²) in [5.41, 5.74) is 3.17. The van der Waals surface area contributed by atoms with Crippen LogP contribution in [0.5, 0.6) is 5.75 Å². The van der Waals surface area contributed by atoms with Gasteiger partial charge in [0.15, 0.2) is 0 Å². The van der Waals surface area contributed by atoms with Crippen LogP contribution >= 0.6 is 0 Å². The van der Waals surface area contributed by atoms with E-state index in [4.69, 9.17) is 9.84 Å². The van der Waals surface area contributed by atoms with Gasteiger partial charge >= 0.3 is 12.1 Å². The van der Waals surface area contributed by atoms with Crippen molar-refractivity contribution in [3.63, 3.8) is 0 Å². The average molecular weight is 500 g/mol. The minimum atomic E-state index is -4.37. The largest absolute Gasteiger partial charge is 0.486 e. The van der Waals surface area contributed by atoms with Crippen molar-refractivity contribution in [2.75, 3.05) is 6.54 Å². The molecule has 1 amide bonds. The molecule has 190 valence electrons. The van der Waals surface area contributed by atoms with Gasteiger partial charge in [-0.05, 0) is 72.0 Å². The number of carbonyl (C=O) groups is 2. The third kappa shape index (κ3) is 7.10. The maximum Gasteiger partial charge on any atom is 0.416 e.